The van der Waals surface area contributed by atoms with Crippen molar-refractivity contribution in [3.05, 3.63) is 12.7 Å². The number of morpholine rings is 1. The average Bonchev–Trinajstić information content (AvgIpc) is 2.40. The summed E-state index contributed by atoms with van der Waals surface area (Å²) in [5.41, 5.74) is 0. The van der Waals surface area contributed by atoms with Crippen molar-refractivity contribution in [2.75, 3.05) is 45.9 Å². The van der Waals surface area contributed by atoms with Gasteiger partial charge in [-0.25, -0.2) is 0 Å². The molecule has 4 heteroatoms. The van der Waals surface area contributed by atoms with Crippen LogP contribution < -0.4 is 0 Å². The Labute approximate surface area is 103 Å². The van der Waals surface area contributed by atoms with Crippen LogP contribution in [0.15, 0.2) is 12.7 Å². The van der Waals surface area contributed by atoms with Gasteiger partial charge in [0.15, 0.2) is 0 Å². The molecule has 4 nitrogen and oxygen atoms in total. The van der Waals surface area contributed by atoms with E-state index in [0.29, 0.717) is 12.5 Å². The topological polar surface area (TPSA) is 32.8 Å². The largest absolute Gasteiger partial charge is 0.379 e. The smallest absolute Gasteiger partial charge is 0.236 e. The fraction of sp³-hybridized carbons (Fsp3) is 0.769. The Bertz CT molecular complexity index is 267. The summed E-state index contributed by atoms with van der Waals surface area (Å²) in [5, 5.41) is 0. The summed E-state index contributed by atoms with van der Waals surface area (Å²) in [4.78, 5) is 16.3. The van der Waals surface area contributed by atoms with Crippen LogP contribution in [0.1, 0.15) is 12.8 Å². The van der Waals surface area contributed by atoms with Crippen molar-refractivity contribution in [3.63, 3.8) is 0 Å². The standard InChI is InChI=1S/C13H22N2O2/c1-2-12-3-5-15(6-4-12)13(16)11-14-7-9-17-10-8-14/h2,12H,1,3-11H2. The van der Waals surface area contributed by atoms with Crippen LogP contribution in [0.5, 0.6) is 0 Å². The Morgan fingerprint density at radius 2 is 1.88 bits per heavy atom. The fourth-order valence-electron chi connectivity index (χ4n) is 2.44. The van der Waals surface area contributed by atoms with E-state index in [-0.39, 0.29) is 5.91 Å². The maximum Gasteiger partial charge on any atom is 0.236 e. The highest BCUT2D eigenvalue weighted by Gasteiger charge is 2.23. The van der Waals surface area contributed by atoms with Gasteiger partial charge in [-0.2, -0.15) is 0 Å². The summed E-state index contributed by atoms with van der Waals surface area (Å²) in [7, 11) is 0. The SMILES string of the molecule is C=CC1CCN(C(=O)CN2CCOCC2)CC1. The third-order valence-corrected chi connectivity index (χ3v) is 3.69. The minimum absolute atomic E-state index is 0.273. The molecular formula is C13H22N2O2. The van der Waals surface area contributed by atoms with E-state index in [1.165, 1.54) is 0 Å². The molecule has 0 atom stereocenters. The molecule has 0 aromatic heterocycles. The van der Waals surface area contributed by atoms with Gasteiger partial charge in [0.1, 0.15) is 0 Å². The van der Waals surface area contributed by atoms with Crippen molar-refractivity contribution in [3.8, 4) is 0 Å². The number of hydrogen-bond acceptors (Lipinski definition) is 3. The number of rotatable bonds is 3. The normalized spacial score (nSPS) is 23.6. The second-order valence-corrected chi connectivity index (χ2v) is 4.84. The molecule has 2 rings (SSSR count). The quantitative estimate of drug-likeness (QED) is 0.680. The number of carbonyl (C=O) groups is 1. The highest BCUT2D eigenvalue weighted by Crippen LogP contribution is 2.17. The van der Waals surface area contributed by atoms with Gasteiger partial charge in [-0.15, -0.1) is 6.58 Å². The predicted molar refractivity (Wildman–Crippen MR) is 66.8 cm³/mol. The van der Waals surface area contributed by atoms with Crippen molar-refractivity contribution >= 4 is 5.91 Å². The number of carbonyl (C=O) groups excluding carboxylic acids is 1. The second-order valence-electron chi connectivity index (χ2n) is 4.84. The Hall–Kier alpha value is -0.870. The molecule has 0 aromatic carbocycles. The van der Waals surface area contributed by atoms with Gasteiger partial charge in [-0.1, -0.05) is 6.08 Å². The first-order valence-corrected chi connectivity index (χ1v) is 6.50. The summed E-state index contributed by atoms with van der Waals surface area (Å²) >= 11 is 0. The first-order valence-electron chi connectivity index (χ1n) is 6.50. The van der Waals surface area contributed by atoms with Gasteiger partial charge in [0.25, 0.3) is 0 Å². The molecule has 0 aromatic rings. The predicted octanol–water partition coefficient (Wildman–Crippen LogP) is 0.743. The summed E-state index contributed by atoms with van der Waals surface area (Å²) < 4.78 is 5.28. The zero-order valence-corrected chi connectivity index (χ0v) is 10.4. The second kappa shape index (κ2) is 6.17. The van der Waals surface area contributed by atoms with Crippen LogP contribution in [-0.2, 0) is 9.53 Å². The van der Waals surface area contributed by atoms with E-state index in [4.69, 9.17) is 4.74 Å². The molecule has 96 valence electrons. The first kappa shape index (κ1) is 12.6. The monoisotopic (exact) mass is 238 g/mol. The van der Waals surface area contributed by atoms with Gasteiger partial charge >= 0.3 is 0 Å². The number of hydrogen-bond donors (Lipinski definition) is 0. The number of ether oxygens (including phenoxy) is 1. The van der Waals surface area contributed by atoms with Crippen LogP contribution in [0.4, 0.5) is 0 Å². The van der Waals surface area contributed by atoms with Crippen molar-refractivity contribution in [2.24, 2.45) is 5.92 Å². The number of amides is 1. The maximum absolute atomic E-state index is 12.1. The van der Waals surface area contributed by atoms with Gasteiger partial charge in [0.2, 0.25) is 5.91 Å². The summed E-state index contributed by atoms with van der Waals surface area (Å²) in [6.07, 6.45) is 4.15. The minimum atomic E-state index is 0.273. The van der Waals surface area contributed by atoms with Crippen LogP contribution >= 0.6 is 0 Å². The molecule has 1 amide bonds. The number of piperidine rings is 1. The average molecular weight is 238 g/mol. The number of likely N-dealkylation sites (tertiary alicyclic amines) is 1. The van der Waals surface area contributed by atoms with E-state index in [1.807, 2.05) is 11.0 Å². The lowest BCUT2D eigenvalue weighted by molar-refractivity contribution is -0.134. The molecule has 2 saturated heterocycles. The van der Waals surface area contributed by atoms with Crippen LogP contribution in [0, 0.1) is 5.92 Å². The van der Waals surface area contributed by atoms with Crippen LogP contribution in [-0.4, -0.2) is 61.6 Å². The van der Waals surface area contributed by atoms with Crippen molar-refractivity contribution < 1.29 is 9.53 Å². The van der Waals surface area contributed by atoms with Crippen molar-refractivity contribution in [1.29, 1.82) is 0 Å². The zero-order chi connectivity index (χ0) is 12.1. The van der Waals surface area contributed by atoms with E-state index in [0.717, 1.165) is 52.2 Å². The molecule has 0 N–H and O–H groups in total. The summed E-state index contributed by atoms with van der Waals surface area (Å²) in [5.74, 6) is 0.872. The third-order valence-electron chi connectivity index (χ3n) is 3.69. The highest BCUT2D eigenvalue weighted by molar-refractivity contribution is 5.78. The molecule has 0 bridgehead atoms. The lowest BCUT2D eigenvalue weighted by atomic mass is 9.97. The van der Waals surface area contributed by atoms with Gasteiger partial charge in [0, 0.05) is 26.2 Å². The molecule has 17 heavy (non-hydrogen) atoms. The van der Waals surface area contributed by atoms with Gasteiger partial charge in [-0.05, 0) is 18.8 Å². The Balaban J connectivity index is 1.74. The van der Waals surface area contributed by atoms with Gasteiger partial charge in [0.05, 0.1) is 19.8 Å². The molecule has 2 heterocycles. The summed E-state index contributed by atoms with van der Waals surface area (Å²) in [6.45, 7) is 9.44. The minimum Gasteiger partial charge on any atom is -0.379 e. The number of allylic oxidation sites excluding steroid dienone is 1. The van der Waals surface area contributed by atoms with Crippen molar-refractivity contribution in [2.45, 2.75) is 12.8 Å². The Kier molecular flexibility index (Phi) is 4.57. The van der Waals surface area contributed by atoms with Crippen LogP contribution in [0.3, 0.4) is 0 Å². The van der Waals surface area contributed by atoms with Gasteiger partial charge < -0.3 is 9.64 Å². The molecule has 2 aliphatic rings. The van der Waals surface area contributed by atoms with Crippen LogP contribution in [0.25, 0.3) is 0 Å². The molecule has 0 spiro atoms. The number of nitrogens with zero attached hydrogens (tertiary/aromatic N) is 2. The molecular weight excluding hydrogens is 216 g/mol. The molecule has 0 radical (unpaired) electrons. The van der Waals surface area contributed by atoms with Crippen molar-refractivity contribution in [1.82, 2.24) is 9.80 Å². The molecule has 2 aliphatic heterocycles. The Morgan fingerprint density at radius 1 is 1.24 bits per heavy atom. The maximum atomic E-state index is 12.1. The van der Waals surface area contributed by atoms with E-state index in [2.05, 4.69) is 11.5 Å². The lowest BCUT2D eigenvalue weighted by Gasteiger charge is -2.33. The van der Waals surface area contributed by atoms with E-state index in [1.54, 1.807) is 0 Å². The first-order chi connectivity index (χ1) is 8.29. The molecule has 2 fully saturated rings. The highest BCUT2D eigenvalue weighted by atomic mass is 16.5. The van der Waals surface area contributed by atoms with Gasteiger partial charge in [-0.3, -0.25) is 9.69 Å². The molecule has 0 unspecified atom stereocenters. The summed E-state index contributed by atoms with van der Waals surface area (Å²) in [6, 6.07) is 0. The third kappa shape index (κ3) is 3.54. The van der Waals surface area contributed by atoms with E-state index >= 15 is 0 Å². The van der Waals surface area contributed by atoms with E-state index < -0.39 is 0 Å². The lowest BCUT2D eigenvalue weighted by Crippen LogP contribution is -2.46. The zero-order valence-electron chi connectivity index (χ0n) is 10.4. The molecule has 0 saturated carbocycles. The van der Waals surface area contributed by atoms with Crippen LogP contribution in [0.2, 0.25) is 0 Å². The molecule has 0 aliphatic carbocycles. The fourth-order valence-corrected chi connectivity index (χ4v) is 2.44. The van der Waals surface area contributed by atoms with E-state index in [9.17, 15) is 4.79 Å². The Morgan fingerprint density at radius 3 is 2.47 bits per heavy atom.